The molecule has 0 unspecified atom stereocenters. The molecule has 0 fully saturated rings. The summed E-state index contributed by atoms with van der Waals surface area (Å²) in [6.07, 6.45) is 1.57. The van der Waals surface area contributed by atoms with E-state index < -0.39 is 0 Å². The van der Waals surface area contributed by atoms with E-state index in [1.54, 1.807) is 6.20 Å². The molecule has 2 aromatic rings. The molecule has 0 spiro atoms. The molecular weight excluding hydrogens is 232 g/mol. The van der Waals surface area contributed by atoms with Crippen LogP contribution in [0.25, 0.3) is 11.1 Å². The highest BCUT2D eigenvalue weighted by Crippen LogP contribution is 2.31. The highest BCUT2D eigenvalue weighted by molar-refractivity contribution is 6.30. The molecule has 0 bridgehead atoms. The minimum atomic E-state index is 0.515. The summed E-state index contributed by atoms with van der Waals surface area (Å²) in [4.78, 5) is 4.09. The van der Waals surface area contributed by atoms with Crippen molar-refractivity contribution in [1.82, 2.24) is 4.98 Å². The van der Waals surface area contributed by atoms with E-state index in [2.05, 4.69) is 37.9 Å². The topological polar surface area (TPSA) is 38.9 Å². The van der Waals surface area contributed by atoms with Gasteiger partial charge in [0.25, 0.3) is 0 Å². The van der Waals surface area contributed by atoms with Crippen LogP contribution in [0.1, 0.15) is 16.7 Å². The first-order valence-corrected chi connectivity index (χ1v) is 5.86. The second kappa shape index (κ2) is 4.38. The molecule has 2 rings (SSSR count). The summed E-state index contributed by atoms with van der Waals surface area (Å²) in [5.41, 5.74) is 11.6. The number of nitrogens with zero attached hydrogens (tertiary/aromatic N) is 1. The van der Waals surface area contributed by atoms with Gasteiger partial charge in [0.15, 0.2) is 0 Å². The lowest BCUT2D eigenvalue weighted by Gasteiger charge is -2.11. The van der Waals surface area contributed by atoms with Crippen molar-refractivity contribution in [3.05, 3.63) is 46.1 Å². The van der Waals surface area contributed by atoms with E-state index in [9.17, 15) is 0 Å². The summed E-state index contributed by atoms with van der Waals surface area (Å²) in [7, 11) is 0. The van der Waals surface area contributed by atoms with Crippen LogP contribution in [0.5, 0.6) is 0 Å². The van der Waals surface area contributed by atoms with Crippen molar-refractivity contribution in [3.8, 4) is 11.1 Å². The Morgan fingerprint density at radius 1 is 0.941 bits per heavy atom. The Bertz CT molecular complexity index is 577. The Balaban J connectivity index is 2.68. The van der Waals surface area contributed by atoms with Gasteiger partial charge in [-0.25, -0.2) is 4.98 Å². The molecule has 0 atom stereocenters. The van der Waals surface area contributed by atoms with Gasteiger partial charge < -0.3 is 5.73 Å². The van der Waals surface area contributed by atoms with Crippen LogP contribution < -0.4 is 5.73 Å². The molecule has 88 valence electrons. The van der Waals surface area contributed by atoms with Crippen LogP contribution in [0.4, 0.5) is 5.82 Å². The number of nitrogens with two attached hydrogens (primary N) is 1. The number of hydrogen-bond acceptors (Lipinski definition) is 2. The van der Waals surface area contributed by atoms with Crippen molar-refractivity contribution >= 4 is 17.4 Å². The van der Waals surface area contributed by atoms with Gasteiger partial charge in [-0.15, -0.1) is 0 Å². The summed E-state index contributed by atoms with van der Waals surface area (Å²) in [6, 6.07) is 6.15. The van der Waals surface area contributed by atoms with E-state index >= 15 is 0 Å². The van der Waals surface area contributed by atoms with Crippen molar-refractivity contribution in [2.75, 3.05) is 5.73 Å². The molecule has 0 saturated carbocycles. The van der Waals surface area contributed by atoms with Crippen LogP contribution in [-0.4, -0.2) is 4.98 Å². The zero-order chi connectivity index (χ0) is 12.6. The van der Waals surface area contributed by atoms with Crippen LogP contribution in [0.2, 0.25) is 5.02 Å². The van der Waals surface area contributed by atoms with Gasteiger partial charge >= 0.3 is 0 Å². The third kappa shape index (κ3) is 2.27. The molecule has 1 heterocycles. The average Bonchev–Trinajstić information content (AvgIpc) is 2.27. The molecule has 1 aromatic carbocycles. The Morgan fingerprint density at radius 3 is 2.29 bits per heavy atom. The lowest BCUT2D eigenvalue weighted by atomic mass is 9.96. The van der Waals surface area contributed by atoms with Crippen molar-refractivity contribution in [2.24, 2.45) is 0 Å². The van der Waals surface area contributed by atoms with E-state index in [0.29, 0.717) is 10.8 Å². The maximum Gasteiger partial charge on any atom is 0.131 e. The number of benzene rings is 1. The number of nitrogen functional groups attached to an aromatic ring is 1. The number of anilines is 1. The van der Waals surface area contributed by atoms with Crippen molar-refractivity contribution < 1.29 is 0 Å². The van der Waals surface area contributed by atoms with Gasteiger partial charge in [-0.3, -0.25) is 0 Å². The normalized spacial score (nSPS) is 10.6. The molecule has 17 heavy (non-hydrogen) atoms. The fraction of sp³-hybridized carbons (Fsp3) is 0.214. The number of aromatic nitrogens is 1. The smallest absolute Gasteiger partial charge is 0.131 e. The van der Waals surface area contributed by atoms with Crippen molar-refractivity contribution in [2.45, 2.75) is 20.8 Å². The van der Waals surface area contributed by atoms with Gasteiger partial charge in [0.1, 0.15) is 5.82 Å². The van der Waals surface area contributed by atoms with Crippen LogP contribution >= 0.6 is 11.6 Å². The zero-order valence-corrected chi connectivity index (χ0v) is 11.0. The van der Waals surface area contributed by atoms with Gasteiger partial charge in [0.05, 0.1) is 5.02 Å². The highest BCUT2D eigenvalue weighted by Gasteiger charge is 2.09. The van der Waals surface area contributed by atoms with Gasteiger partial charge in [0.2, 0.25) is 0 Å². The standard InChI is InChI=1S/C14H15ClN2/c1-8-4-10(3)12(5-9(8)2)13-6-11(15)7-17-14(13)16/h4-7H,1-3H3,(H2,16,17). The van der Waals surface area contributed by atoms with Crippen LogP contribution in [0.15, 0.2) is 24.4 Å². The Labute approximate surface area is 106 Å². The lowest BCUT2D eigenvalue weighted by molar-refractivity contribution is 1.28. The van der Waals surface area contributed by atoms with Gasteiger partial charge in [0, 0.05) is 11.8 Å². The SMILES string of the molecule is Cc1cc(C)c(-c2cc(Cl)cnc2N)cc1C. The molecule has 0 radical (unpaired) electrons. The molecule has 3 heteroatoms. The Hall–Kier alpha value is -1.54. The first kappa shape index (κ1) is 11.9. The first-order chi connectivity index (χ1) is 7.99. The minimum Gasteiger partial charge on any atom is -0.383 e. The van der Waals surface area contributed by atoms with Crippen LogP contribution in [0, 0.1) is 20.8 Å². The first-order valence-electron chi connectivity index (χ1n) is 5.48. The third-order valence-electron chi connectivity index (χ3n) is 3.02. The average molecular weight is 247 g/mol. The van der Waals surface area contributed by atoms with E-state index in [1.807, 2.05) is 6.07 Å². The largest absolute Gasteiger partial charge is 0.383 e. The summed E-state index contributed by atoms with van der Waals surface area (Å²) < 4.78 is 0. The highest BCUT2D eigenvalue weighted by atomic mass is 35.5. The quantitative estimate of drug-likeness (QED) is 0.829. The molecule has 0 aliphatic rings. The molecular formula is C14H15ClN2. The number of aryl methyl sites for hydroxylation is 3. The van der Waals surface area contributed by atoms with Crippen LogP contribution in [-0.2, 0) is 0 Å². The van der Waals surface area contributed by atoms with Crippen LogP contribution in [0.3, 0.4) is 0 Å². The number of halogens is 1. The molecule has 2 N–H and O–H groups in total. The predicted octanol–water partition coefficient (Wildman–Crippen LogP) is 3.91. The number of hydrogen-bond donors (Lipinski definition) is 1. The monoisotopic (exact) mass is 246 g/mol. The number of rotatable bonds is 1. The molecule has 0 saturated heterocycles. The zero-order valence-electron chi connectivity index (χ0n) is 10.2. The summed E-state index contributed by atoms with van der Waals surface area (Å²) >= 11 is 5.97. The summed E-state index contributed by atoms with van der Waals surface area (Å²) in [5.74, 6) is 0.515. The maximum atomic E-state index is 5.97. The predicted molar refractivity (Wildman–Crippen MR) is 73.3 cm³/mol. The molecule has 1 aromatic heterocycles. The summed E-state index contributed by atoms with van der Waals surface area (Å²) in [5, 5.41) is 0.604. The Morgan fingerprint density at radius 2 is 1.59 bits per heavy atom. The Kier molecular flexibility index (Phi) is 3.07. The fourth-order valence-corrected chi connectivity index (χ4v) is 2.07. The van der Waals surface area contributed by atoms with E-state index in [0.717, 1.165) is 11.1 Å². The van der Waals surface area contributed by atoms with E-state index in [4.69, 9.17) is 17.3 Å². The van der Waals surface area contributed by atoms with Gasteiger partial charge in [-0.05, 0) is 49.1 Å². The third-order valence-corrected chi connectivity index (χ3v) is 3.22. The van der Waals surface area contributed by atoms with E-state index in [-0.39, 0.29) is 0 Å². The van der Waals surface area contributed by atoms with E-state index in [1.165, 1.54) is 16.7 Å². The molecule has 0 aliphatic carbocycles. The maximum absolute atomic E-state index is 5.97. The number of pyridine rings is 1. The lowest BCUT2D eigenvalue weighted by Crippen LogP contribution is -1.96. The summed E-state index contributed by atoms with van der Waals surface area (Å²) in [6.45, 7) is 6.26. The van der Waals surface area contributed by atoms with Gasteiger partial charge in [-0.1, -0.05) is 23.7 Å². The van der Waals surface area contributed by atoms with Gasteiger partial charge in [-0.2, -0.15) is 0 Å². The molecule has 0 amide bonds. The van der Waals surface area contributed by atoms with Crippen molar-refractivity contribution in [1.29, 1.82) is 0 Å². The fourth-order valence-electron chi connectivity index (χ4n) is 1.92. The minimum absolute atomic E-state index is 0.515. The molecule has 2 nitrogen and oxygen atoms in total. The molecule has 0 aliphatic heterocycles. The second-order valence-electron chi connectivity index (χ2n) is 4.34. The second-order valence-corrected chi connectivity index (χ2v) is 4.77. The van der Waals surface area contributed by atoms with Crippen molar-refractivity contribution in [3.63, 3.8) is 0 Å².